The van der Waals surface area contributed by atoms with Crippen molar-refractivity contribution in [3.63, 3.8) is 0 Å². The third kappa shape index (κ3) is 7.13. The van der Waals surface area contributed by atoms with E-state index < -0.39 is 54.8 Å². The quantitative estimate of drug-likeness (QED) is 0.320. The molecule has 36 heavy (non-hydrogen) atoms. The van der Waals surface area contributed by atoms with Gasteiger partial charge in [-0.15, -0.1) is 0 Å². The maximum Gasteiger partial charge on any atom is 0.399 e. The summed E-state index contributed by atoms with van der Waals surface area (Å²) in [5.41, 5.74) is 12.2. The maximum absolute atomic E-state index is 12.7. The number of aryl methyl sites for hydroxylation is 1. The molecule has 0 radical (unpaired) electrons. The highest BCUT2D eigenvalue weighted by Crippen LogP contribution is 2.34. The lowest BCUT2D eigenvalue weighted by atomic mass is 10.2. The lowest BCUT2D eigenvalue weighted by Gasteiger charge is -2.13. The average molecular weight is 569 g/mol. The van der Waals surface area contributed by atoms with Gasteiger partial charge in [-0.25, -0.2) is 25.2 Å². The Labute approximate surface area is 210 Å². The minimum absolute atomic E-state index is 0.0628. The van der Waals surface area contributed by atoms with E-state index >= 15 is 0 Å². The Hall–Kier alpha value is -2.79. The van der Waals surface area contributed by atoms with Gasteiger partial charge in [0.1, 0.15) is 22.1 Å². The summed E-state index contributed by atoms with van der Waals surface area (Å²) < 4.78 is 99.0. The summed E-state index contributed by atoms with van der Waals surface area (Å²) in [5, 5.41) is 0. The Morgan fingerprint density at radius 1 is 0.639 bits per heavy atom. The molecule has 16 heteroatoms. The Balaban J connectivity index is 2.02. The smallest absolute Gasteiger partial charge is 0.399 e. The van der Waals surface area contributed by atoms with Gasteiger partial charge in [0.05, 0.1) is 62.3 Å². The van der Waals surface area contributed by atoms with Crippen molar-refractivity contribution in [3.05, 3.63) is 29.8 Å². The molecule has 13 nitrogen and oxygen atoms in total. The summed E-state index contributed by atoms with van der Waals surface area (Å²) in [5.74, 6) is -1.30. The summed E-state index contributed by atoms with van der Waals surface area (Å²) >= 11 is 0. The second-order valence-corrected chi connectivity index (χ2v) is 12.7. The van der Waals surface area contributed by atoms with Crippen LogP contribution < -0.4 is 25.7 Å². The molecule has 2 rings (SSSR count). The second-order valence-electron chi connectivity index (χ2n) is 7.29. The molecule has 2 aromatic carbocycles. The zero-order chi connectivity index (χ0) is 27.3. The summed E-state index contributed by atoms with van der Waals surface area (Å²) in [4.78, 5) is -0.382. The van der Waals surface area contributed by atoms with Gasteiger partial charge in [-0.2, -0.15) is 8.42 Å². The van der Waals surface area contributed by atoms with Crippen molar-refractivity contribution < 1.29 is 47.8 Å². The first kappa shape index (κ1) is 29.4. The molecule has 0 unspecified atom stereocenters. The SMILES string of the molecule is COc1cc(S(=O)(=O)CCOS(=O)(=O)OCCS(=O)(=O)c2cc(OC)c(N)cc2OC)c(C)cc1N. The highest BCUT2D eigenvalue weighted by molar-refractivity contribution is 7.92. The molecule has 0 bridgehead atoms. The number of nitrogen functional groups attached to an aromatic ring is 2. The normalized spacial score (nSPS) is 12.3. The Bertz CT molecular complexity index is 1420. The lowest BCUT2D eigenvalue weighted by Crippen LogP contribution is -2.21. The zero-order valence-corrected chi connectivity index (χ0v) is 22.5. The number of benzene rings is 2. The van der Waals surface area contributed by atoms with Gasteiger partial charge in [0.2, 0.25) is 0 Å². The van der Waals surface area contributed by atoms with Crippen LogP contribution in [0.15, 0.2) is 34.1 Å². The first-order valence-electron chi connectivity index (χ1n) is 10.1. The van der Waals surface area contributed by atoms with Crippen molar-refractivity contribution in [2.45, 2.75) is 16.7 Å². The number of hydrogen-bond donors (Lipinski definition) is 2. The minimum atomic E-state index is -4.71. The molecule has 0 aliphatic heterocycles. The summed E-state index contributed by atoms with van der Waals surface area (Å²) in [6.07, 6.45) is 0. The van der Waals surface area contributed by atoms with Crippen LogP contribution in [0, 0.1) is 6.92 Å². The van der Waals surface area contributed by atoms with Crippen molar-refractivity contribution in [1.29, 1.82) is 0 Å². The standard InChI is InChI=1S/C20H28N2O11S3/c1-13-9-14(21)16(29-2)11-19(13)34(23,24)7-5-32-36(27,28)33-6-8-35(25,26)20-12-17(30-3)15(22)10-18(20)31-4/h9-12H,5-8,21-22H2,1-4H3. The molecular weight excluding hydrogens is 540 g/mol. The summed E-state index contributed by atoms with van der Waals surface area (Å²) in [6.45, 7) is -0.0520. The Morgan fingerprint density at radius 2 is 1.06 bits per heavy atom. The van der Waals surface area contributed by atoms with Crippen molar-refractivity contribution in [3.8, 4) is 17.2 Å². The van der Waals surface area contributed by atoms with Gasteiger partial charge in [-0.05, 0) is 18.6 Å². The number of methoxy groups -OCH3 is 3. The molecule has 0 aromatic heterocycles. The number of anilines is 2. The third-order valence-corrected chi connectivity index (χ3v) is 9.29. The van der Waals surface area contributed by atoms with E-state index in [1.165, 1.54) is 46.5 Å². The largest absolute Gasteiger partial charge is 0.495 e. The van der Waals surface area contributed by atoms with Crippen LogP contribution in [0.4, 0.5) is 11.4 Å². The van der Waals surface area contributed by atoms with Crippen LogP contribution in [-0.4, -0.2) is 71.3 Å². The van der Waals surface area contributed by atoms with E-state index in [9.17, 15) is 25.3 Å². The molecular formula is C20H28N2O11S3. The predicted octanol–water partition coefficient (Wildman–Crippen LogP) is 0.711. The lowest BCUT2D eigenvalue weighted by molar-refractivity contribution is 0.232. The molecule has 0 amide bonds. The Kier molecular flexibility index (Phi) is 9.41. The fraction of sp³-hybridized carbons (Fsp3) is 0.400. The van der Waals surface area contributed by atoms with Gasteiger partial charge < -0.3 is 25.7 Å². The van der Waals surface area contributed by atoms with Gasteiger partial charge in [-0.3, -0.25) is 0 Å². The fourth-order valence-electron chi connectivity index (χ4n) is 3.09. The van der Waals surface area contributed by atoms with E-state index in [0.29, 0.717) is 5.56 Å². The van der Waals surface area contributed by atoms with Crippen molar-refractivity contribution in [2.75, 3.05) is 57.5 Å². The van der Waals surface area contributed by atoms with Gasteiger partial charge in [0, 0.05) is 18.2 Å². The second kappa shape index (κ2) is 11.5. The van der Waals surface area contributed by atoms with Crippen LogP contribution in [0.3, 0.4) is 0 Å². The van der Waals surface area contributed by atoms with E-state index in [-0.39, 0.29) is 38.4 Å². The number of sulfone groups is 2. The number of hydrogen-bond acceptors (Lipinski definition) is 13. The highest BCUT2D eigenvalue weighted by atomic mass is 32.3. The van der Waals surface area contributed by atoms with Crippen LogP contribution >= 0.6 is 0 Å². The van der Waals surface area contributed by atoms with Crippen LogP contribution in [0.2, 0.25) is 0 Å². The molecule has 0 fully saturated rings. The van der Waals surface area contributed by atoms with Gasteiger partial charge in [0.25, 0.3) is 0 Å². The number of nitrogens with two attached hydrogens (primary N) is 2. The van der Waals surface area contributed by atoms with Crippen LogP contribution in [0.25, 0.3) is 0 Å². The molecule has 0 aliphatic carbocycles. The van der Waals surface area contributed by atoms with Crippen molar-refractivity contribution in [2.24, 2.45) is 0 Å². The monoisotopic (exact) mass is 568 g/mol. The first-order valence-corrected chi connectivity index (χ1v) is 14.8. The van der Waals surface area contributed by atoms with E-state index in [2.05, 4.69) is 8.37 Å². The molecule has 0 spiro atoms. The maximum atomic E-state index is 12.7. The van der Waals surface area contributed by atoms with E-state index in [1.54, 1.807) is 0 Å². The molecule has 0 aliphatic rings. The number of ether oxygens (including phenoxy) is 3. The van der Waals surface area contributed by atoms with E-state index in [0.717, 1.165) is 6.07 Å². The molecule has 0 atom stereocenters. The van der Waals surface area contributed by atoms with Crippen LogP contribution in [0.1, 0.15) is 5.56 Å². The van der Waals surface area contributed by atoms with Gasteiger partial charge in [-0.1, -0.05) is 0 Å². The predicted molar refractivity (Wildman–Crippen MR) is 131 cm³/mol. The fourth-order valence-corrected chi connectivity index (χ4v) is 6.56. The highest BCUT2D eigenvalue weighted by Gasteiger charge is 2.25. The van der Waals surface area contributed by atoms with Crippen molar-refractivity contribution in [1.82, 2.24) is 0 Å². The van der Waals surface area contributed by atoms with Crippen LogP contribution in [-0.2, 0) is 38.4 Å². The molecule has 0 saturated heterocycles. The third-order valence-electron chi connectivity index (χ3n) is 4.87. The molecule has 0 saturated carbocycles. The van der Waals surface area contributed by atoms with Gasteiger partial charge >= 0.3 is 10.4 Å². The van der Waals surface area contributed by atoms with Gasteiger partial charge in [0.15, 0.2) is 19.7 Å². The average Bonchev–Trinajstić information content (AvgIpc) is 2.77. The molecule has 0 heterocycles. The van der Waals surface area contributed by atoms with Crippen LogP contribution in [0.5, 0.6) is 17.2 Å². The molecule has 4 N–H and O–H groups in total. The zero-order valence-electron chi connectivity index (χ0n) is 20.0. The van der Waals surface area contributed by atoms with E-state index in [1.807, 2.05) is 0 Å². The Morgan fingerprint density at radius 3 is 1.53 bits per heavy atom. The summed E-state index contributed by atoms with van der Waals surface area (Å²) in [6, 6.07) is 5.05. The minimum Gasteiger partial charge on any atom is -0.495 e. The van der Waals surface area contributed by atoms with Crippen molar-refractivity contribution >= 4 is 41.4 Å². The topological polar surface area (TPSA) is 201 Å². The summed E-state index contributed by atoms with van der Waals surface area (Å²) in [7, 11) is -8.91. The first-order chi connectivity index (χ1) is 16.7. The molecule has 202 valence electrons. The van der Waals surface area contributed by atoms with E-state index in [4.69, 9.17) is 25.7 Å². The number of rotatable bonds is 13. The molecule has 2 aromatic rings.